The lowest BCUT2D eigenvalue weighted by Gasteiger charge is -2.37. The largest absolute Gasteiger partial charge is 0.444 e. The summed E-state index contributed by atoms with van der Waals surface area (Å²) in [6.07, 6.45) is 13.0. The number of rotatable bonds is 11. The Hall–Kier alpha value is -2.34. The molecule has 1 aliphatic carbocycles. The zero-order chi connectivity index (χ0) is 29.3. The van der Waals surface area contributed by atoms with Crippen LogP contribution in [0, 0.1) is 17.8 Å². The Morgan fingerprint density at radius 1 is 1.12 bits per heavy atom. The Morgan fingerprint density at radius 3 is 2.42 bits per heavy atom. The van der Waals surface area contributed by atoms with Crippen molar-refractivity contribution in [3.63, 3.8) is 0 Å². The summed E-state index contributed by atoms with van der Waals surface area (Å²) in [6.45, 7) is 14.8. The molecule has 224 valence electrons. The molecule has 1 aliphatic heterocycles. The Morgan fingerprint density at radius 2 is 1.80 bits per heavy atom. The molecule has 0 spiro atoms. The van der Waals surface area contributed by atoms with E-state index in [4.69, 9.17) is 9.47 Å². The first kappa shape index (κ1) is 32.2. The zero-order valence-corrected chi connectivity index (χ0v) is 26.1. The average Bonchev–Trinajstić information content (AvgIpc) is 3.12. The molecule has 3 rings (SSSR count). The third kappa shape index (κ3) is 9.94. The average molecular weight is 555 g/mol. The summed E-state index contributed by atoms with van der Waals surface area (Å²) in [4.78, 5) is 27.8. The van der Waals surface area contributed by atoms with Gasteiger partial charge < -0.3 is 14.8 Å². The number of nitrogens with zero attached hydrogens (tertiary/aromatic N) is 1. The van der Waals surface area contributed by atoms with E-state index in [0.717, 1.165) is 25.7 Å². The monoisotopic (exact) mass is 554 g/mol. The fraction of sp³-hybridized carbons (Fsp3) is 0.706. The minimum absolute atomic E-state index is 0.0144. The number of hydrogen-bond donors (Lipinski definition) is 1. The van der Waals surface area contributed by atoms with Crippen molar-refractivity contribution in [1.82, 2.24) is 10.2 Å². The molecule has 2 amide bonds. The molecule has 0 radical (unpaired) electrons. The predicted octanol–water partition coefficient (Wildman–Crippen LogP) is 7.66. The highest BCUT2D eigenvalue weighted by Crippen LogP contribution is 2.42. The van der Waals surface area contributed by atoms with Gasteiger partial charge in [-0.2, -0.15) is 0 Å². The number of amides is 2. The van der Waals surface area contributed by atoms with E-state index in [1.165, 1.54) is 37.7 Å². The van der Waals surface area contributed by atoms with Crippen LogP contribution >= 0.6 is 0 Å². The number of carbonyl (C=O) groups is 2. The molecule has 0 bridgehead atoms. The van der Waals surface area contributed by atoms with Crippen LogP contribution in [0.4, 0.5) is 4.79 Å². The maximum Gasteiger partial charge on any atom is 0.412 e. The van der Waals surface area contributed by atoms with Gasteiger partial charge in [-0.1, -0.05) is 82.4 Å². The van der Waals surface area contributed by atoms with Crippen molar-refractivity contribution in [2.45, 2.75) is 130 Å². The second-order valence-electron chi connectivity index (χ2n) is 13.7. The van der Waals surface area contributed by atoms with Crippen LogP contribution in [0.25, 0.3) is 0 Å². The molecule has 2 aliphatic rings. The summed E-state index contributed by atoms with van der Waals surface area (Å²) >= 11 is 0. The maximum atomic E-state index is 13.5. The highest BCUT2D eigenvalue weighted by atomic mass is 16.6. The molecular weight excluding hydrogens is 500 g/mol. The van der Waals surface area contributed by atoms with E-state index < -0.39 is 11.3 Å². The van der Waals surface area contributed by atoms with E-state index in [1.807, 2.05) is 63.8 Å². The molecule has 1 aromatic carbocycles. The Kier molecular flexibility index (Phi) is 11.7. The van der Waals surface area contributed by atoms with Crippen LogP contribution in [0.2, 0.25) is 0 Å². The zero-order valence-electron chi connectivity index (χ0n) is 26.1. The molecule has 1 heterocycles. The first-order chi connectivity index (χ1) is 18.9. The van der Waals surface area contributed by atoms with Gasteiger partial charge in [0.05, 0.1) is 12.1 Å². The molecule has 3 atom stereocenters. The summed E-state index contributed by atoms with van der Waals surface area (Å²) in [6, 6.07) is 10.2. The fourth-order valence-electron chi connectivity index (χ4n) is 6.29. The van der Waals surface area contributed by atoms with Crippen molar-refractivity contribution in [2.75, 3.05) is 6.54 Å². The van der Waals surface area contributed by atoms with Gasteiger partial charge in [0.25, 0.3) is 0 Å². The molecule has 0 aromatic heterocycles. The molecular formula is C34H54N2O4. The van der Waals surface area contributed by atoms with Gasteiger partial charge in [0.1, 0.15) is 11.3 Å². The first-order valence-electron chi connectivity index (χ1n) is 15.5. The molecule has 1 saturated heterocycles. The van der Waals surface area contributed by atoms with Crippen LogP contribution in [0.15, 0.2) is 42.5 Å². The van der Waals surface area contributed by atoms with E-state index in [0.29, 0.717) is 24.3 Å². The Balaban J connectivity index is 1.65. The summed E-state index contributed by atoms with van der Waals surface area (Å²) < 4.78 is 12.6. The molecule has 1 N–H and O–H groups in total. The minimum Gasteiger partial charge on any atom is -0.444 e. The lowest BCUT2D eigenvalue weighted by atomic mass is 9.80. The van der Waals surface area contributed by atoms with Gasteiger partial charge in [-0.15, -0.1) is 0 Å². The maximum absolute atomic E-state index is 13.5. The SMILES string of the molecule is CC(C)[C@@H](CC=CC(=O)NCCc1ccccc1)C[C@@H]1OC(C)(C)N(C(=O)OC(C)(C)C)[C@H]1CC1CCCCC1. The van der Waals surface area contributed by atoms with Gasteiger partial charge in [0.2, 0.25) is 5.91 Å². The van der Waals surface area contributed by atoms with Gasteiger partial charge in [-0.05, 0) is 89.7 Å². The van der Waals surface area contributed by atoms with Crippen molar-refractivity contribution < 1.29 is 19.1 Å². The second-order valence-corrected chi connectivity index (χ2v) is 13.7. The van der Waals surface area contributed by atoms with Crippen molar-refractivity contribution in [2.24, 2.45) is 17.8 Å². The van der Waals surface area contributed by atoms with Gasteiger partial charge in [-0.3, -0.25) is 9.69 Å². The number of hydrogen-bond acceptors (Lipinski definition) is 4. The van der Waals surface area contributed by atoms with E-state index >= 15 is 0 Å². The number of allylic oxidation sites excluding steroid dienone is 1. The first-order valence-corrected chi connectivity index (χ1v) is 15.5. The predicted molar refractivity (Wildman–Crippen MR) is 162 cm³/mol. The molecule has 1 aromatic rings. The number of ether oxygens (including phenoxy) is 2. The molecule has 6 heteroatoms. The highest BCUT2D eigenvalue weighted by Gasteiger charge is 2.52. The second kappa shape index (κ2) is 14.5. The van der Waals surface area contributed by atoms with Crippen molar-refractivity contribution in [3.8, 4) is 0 Å². The molecule has 2 fully saturated rings. The fourth-order valence-corrected chi connectivity index (χ4v) is 6.29. The molecule has 1 saturated carbocycles. The van der Waals surface area contributed by atoms with Crippen molar-refractivity contribution >= 4 is 12.0 Å². The minimum atomic E-state index is -0.734. The summed E-state index contributed by atoms with van der Waals surface area (Å²) in [5.74, 6) is 1.31. The van der Waals surface area contributed by atoms with Crippen LogP contribution in [-0.2, 0) is 20.7 Å². The smallest absolute Gasteiger partial charge is 0.412 e. The van der Waals surface area contributed by atoms with Crippen LogP contribution < -0.4 is 5.32 Å². The summed E-state index contributed by atoms with van der Waals surface area (Å²) in [7, 11) is 0. The topological polar surface area (TPSA) is 67.9 Å². The third-order valence-corrected chi connectivity index (χ3v) is 8.41. The summed E-state index contributed by atoms with van der Waals surface area (Å²) in [5, 5.41) is 3.00. The normalized spacial score (nSPS) is 22.6. The van der Waals surface area contributed by atoms with Gasteiger partial charge in [0, 0.05) is 6.54 Å². The number of nitrogens with one attached hydrogen (secondary N) is 1. The van der Waals surface area contributed by atoms with Crippen molar-refractivity contribution in [3.05, 3.63) is 48.0 Å². The van der Waals surface area contributed by atoms with E-state index in [-0.39, 0.29) is 24.1 Å². The van der Waals surface area contributed by atoms with Crippen LogP contribution in [0.5, 0.6) is 0 Å². The van der Waals surface area contributed by atoms with E-state index in [1.54, 1.807) is 6.08 Å². The van der Waals surface area contributed by atoms with Crippen LogP contribution in [-0.4, -0.2) is 46.9 Å². The standard InChI is InChI=1S/C34H54N2O4/c1-25(2)28(19-14-20-31(37)35-22-21-26-15-10-8-11-16-26)24-30-29(23-27-17-12-9-13-18-27)36(34(6,7)39-30)32(38)40-33(3,4)5/h8,10-11,14-16,20,25,27-30H,9,12-13,17-19,21-24H2,1-7H3,(H,35,37)/t28-,29-,30-/m0/s1. The van der Waals surface area contributed by atoms with Crippen LogP contribution in [0.1, 0.15) is 105 Å². The Labute approximate surface area is 243 Å². The molecule has 40 heavy (non-hydrogen) atoms. The number of benzene rings is 1. The number of carbonyl (C=O) groups excluding carboxylic acids is 2. The summed E-state index contributed by atoms with van der Waals surface area (Å²) in [5.41, 5.74) is -0.0787. The van der Waals surface area contributed by atoms with Gasteiger partial charge in [0.15, 0.2) is 0 Å². The van der Waals surface area contributed by atoms with E-state index in [2.05, 4.69) is 31.3 Å². The third-order valence-electron chi connectivity index (χ3n) is 8.41. The molecule has 0 unspecified atom stereocenters. The van der Waals surface area contributed by atoms with Crippen LogP contribution in [0.3, 0.4) is 0 Å². The van der Waals surface area contributed by atoms with Gasteiger partial charge >= 0.3 is 6.09 Å². The highest BCUT2D eigenvalue weighted by molar-refractivity contribution is 5.87. The Bertz CT molecular complexity index is 960. The lowest BCUT2D eigenvalue weighted by Crippen LogP contribution is -2.51. The lowest BCUT2D eigenvalue weighted by molar-refractivity contribution is -0.116. The molecule has 6 nitrogen and oxygen atoms in total. The van der Waals surface area contributed by atoms with Gasteiger partial charge in [-0.25, -0.2) is 4.79 Å². The quantitative estimate of drug-likeness (QED) is 0.285. The van der Waals surface area contributed by atoms with Crippen molar-refractivity contribution in [1.29, 1.82) is 0 Å². The van der Waals surface area contributed by atoms with E-state index in [9.17, 15) is 9.59 Å².